The minimum Gasteiger partial charge on any atom is -0.480 e. The summed E-state index contributed by atoms with van der Waals surface area (Å²) < 4.78 is 1.66. The van der Waals surface area contributed by atoms with Crippen molar-refractivity contribution in [1.82, 2.24) is 15.1 Å². The lowest BCUT2D eigenvalue weighted by Gasteiger charge is -2.06. The van der Waals surface area contributed by atoms with Gasteiger partial charge in [-0.1, -0.05) is 12.1 Å². The second-order valence-corrected chi connectivity index (χ2v) is 5.08. The van der Waals surface area contributed by atoms with Crippen LogP contribution in [0.5, 0.6) is 0 Å². The summed E-state index contributed by atoms with van der Waals surface area (Å²) in [7, 11) is 0. The highest BCUT2D eigenvalue weighted by atomic mass is 16.4. The van der Waals surface area contributed by atoms with E-state index in [1.807, 2.05) is 6.92 Å². The number of aromatic nitrogens is 2. The van der Waals surface area contributed by atoms with E-state index < -0.39 is 12.5 Å². The molecule has 0 aliphatic heterocycles. The van der Waals surface area contributed by atoms with Gasteiger partial charge >= 0.3 is 5.97 Å². The lowest BCUT2D eigenvalue weighted by Crippen LogP contribution is -2.30. The van der Waals surface area contributed by atoms with Crippen LogP contribution in [-0.4, -0.2) is 39.2 Å². The van der Waals surface area contributed by atoms with E-state index in [4.69, 9.17) is 5.11 Å². The topological polar surface area (TPSA) is 113 Å². The zero-order valence-corrected chi connectivity index (χ0v) is 13.2. The number of nitrogens with one attached hydrogen (secondary N) is 2. The number of aryl methyl sites for hydroxylation is 1. The summed E-state index contributed by atoms with van der Waals surface area (Å²) in [6.45, 7) is 2.21. The number of nitrogens with zero attached hydrogens (tertiary/aromatic N) is 2. The summed E-state index contributed by atoms with van der Waals surface area (Å²) >= 11 is 0. The van der Waals surface area contributed by atoms with Crippen LogP contribution in [0.25, 0.3) is 0 Å². The van der Waals surface area contributed by atoms with Crippen LogP contribution in [0.3, 0.4) is 0 Å². The predicted octanol–water partition coefficient (Wildman–Crippen LogP) is 0.899. The fourth-order valence-electron chi connectivity index (χ4n) is 1.99. The van der Waals surface area contributed by atoms with Gasteiger partial charge in [0, 0.05) is 18.4 Å². The number of hydrogen-bond acceptors (Lipinski definition) is 4. The Balaban J connectivity index is 1.90. The predicted molar refractivity (Wildman–Crippen MR) is 86.6 cm³/mol. The van der Waals surface area contributed by atoms with Crippen molar-refractivity contribution in [3.63, 3.8) is 0 Å². The van der Waals surface area contributed by atoms with Crippen molar-refractivity contribution >= 4 is 23.5 Å². The Morgan fingerprint density at radius 2 is 1.92 bits per heavy atom. The molecule has 0 fully saturated rings. The van der Waals surface area contributed by atoms with Gasteiger partial charge in [0.2, 0.25) is 5.91 Å². The van der Waals surface area contributed by atoms with E-state index in [0.29, 0.717) is 17.8 Å². The number of carbonyl (C=O) groups excluding carboxylic acids is 2. The van der Waals surface area contributed by atoms with Crippen LogP contribution in [-0.2, 0) is 22.6 Å². The quantitative estimate of drug-likeness (QED) is 0.698. The van der Waals surface area contributed by atoms with Crippen LogP contribution in [0.4, 0.5) is 5.69 Å². The van der Waals surface area contributed by atoms with E-state index in [0.717, 1.165) is 5.56 Å². The maximum absolute atomic E-state index is 12.1. The summed E-state index contributed by atoms with van der Waals surface area (Å²) in [5.74, 6) is -1.73. The van der Waals surface area contributed by atoms with Crippen molar-refractivity contribution in [3.8, 4) is 0 Å². The number of rotatable bonds is 7. The van der Waals surface area contributed by atoms with Gasteiger partial charge < -0.3 is 15.7 Å². The Labute approximate surface area is 138 Å². The zero-order chi connectivity index (χ0) is 17.5. The maximum atomic E-state index is 12.1. The molecule has 1 heterocycles. The number of carboxylic acid groups (broad SMARTS) is 1. The standard InChI is InChI=1S/C16H18N4O4/c1-2-20-10-12(8-18-20)16(24)19-13-5-3-11(4-6-13)7-14(21)17-9-15(22)23/h3-6,8,10H,2,7,9H2,1H3,(H,17,21)(H,19,24)(H,22,23). The Bertz CT molecular complexity index is 737. The molecule has 2 amide bonds. The van der Waals surface area contributed by atoms with Gasteiger partial charge in [-0.05, 0) is 24.6 Å². The Kier molecular flexibility index (Phi) is 5.67. The third-order valence-electron chi connectivity index (χ3n) is 3.23. The summed E-state index contributed by atoms with van der Waals surface area (Å²) in [5.41, 5.74) is 1.78. The highest BCUT2D eigenvalue weighted by molar-refractivity contribution is 6.03. The van der Waals surface area contributed by atoms with E-state index >= 15 is 0 Å². The van der Waals surface area contributed by atoms with Crippen LogP contribution in [0.1, 0.15) is 22.8 Å². The van der Waals surface area contributed by atoms with Crippen molar-refractivity contribution in [2.24, 2.45) is 0 Å². The lowest BCUT2D eigenvalue weighted by molar-refractivity contribution is -0.137. The molecule has 0 bridgehead atoms. The molecule has 2 rings (SSSR count). The monoisotopic (exact) mass is 330 g/mol. The van der Waals surface area contributed by atoms with Crippen LogP contribution in [0, 0.1) is 0 Å². The Morgan fingerprint density at radius 3 is 2.50 bits per heavy atom. The van der Waals surface area contributed by atoms with Crippen molar-refractivity contribution < 1.29 is 19.5 Å². The fourth-order valence-corrected chi connectivity index (χ4v) is 1.99. The number of carboxylic acids is 1. The minimum atomic E-state index is -1.09. The van der Waals surface area contributed by atoms with Gasteiger partial charge in [0.1, 0.15) is 6.54 Å². The average Bonchev–Trinajstić information content (AvgIpc) is 3.04. The number of hydrogen-bond donors (Lipinski definition) is 3. The average molecular weight is 330 g/mol. The molecule has 0 radical (unpaired) electrons. The number of benzene rings is 1. The van der Waals surface area contributed by atoms with Crippen molar-refractivity contribution in [2.45, 2.75) is 19.9 Å². The third-order valence-corrected chi connectivity index (χ3v) is 3.23. The Hall–Kier alpha value is -3.16. The highest BCUT2D eigenvalue weighted by Crippen LogP contribution is 2.12. The molecule has 8 nitrogen and oxygen atoms in total. The zero-order valence-electron chi connectivity index (χ0n) is 13.2. The smallest absolute Gasteiger partial charge is 0.322 e. The van der Waals surface area contributed by atoms with Gasteiger partial charge in [0.25, 0.3) is 5.91 Å². The van der Waals surface area contributed by atoms with Crippen LogP contribution < -0.4 is 10.6 Å². The summed E-state index contributed by atoms with van der Waals surface area (Å²) in [4.78, 5) is 34.0. The number of anilines is 1. The fraction of sp³-hybridized carbons (Fsp3) is 0.250. The Morgan fingerprint density at radius 1 is 1.21 bits per heavy atom. The molecule has 8 heteroatoms. The largest absolute Gasteiger partial charge is 0.480 e. The van der Waals surface area contributed by atoms with Gasteiger partial charge in [-0.25, -0.2) is 0 Å². The molecule has 0 atom stereocenters. The van der Waals surface area contributed by atoms with Gasteiger partial charge in [-0.3, -0.25) is 19.1 Å². The third kappa shape index (κ3) is 4.94. The van der Waals surface area contributed by atoms with E-state index in [1.165, 1.54) is 6.20 Å². The molecule has 0 aliphatic rings. The normalized spacial score (nSPS) is 10.2. The van der Waals surface area contributed by atoms with E-state index in [-0.39, 0.29) is 18.2 Å². The first-order valence-corrected chi connectivity index (χ1v) is 7.39. The van der Waals surface area contributed by atoms with E-state index in [9.17, 15) is 14.4 Å². The summed E-state index contributed by atoms with van der Waals surface area (Å²) in [6, 6.07) is 6.76. The maximum Gasteiger partial charge on any atom is 0.322 e. The SMILES string of the molecule is CCn1cc(C(=O)Nc2ccc(CC(=O)NCC(=O)O)cc2)cn1. The van der Waals surface area contributed by atoms with Crippen LogP contribution in [0.15, 0.2) is 36.7 Å². The molecule has 0 spiro atoms. The molecule has 0 saturated carbocycles. The second kappa shape index (κ2) is 7.91. The molecule has 1 aromatic carbocycles. The summed E-state index contributed by atoms with van der Waals surface area (Å²) in [5, 5.41) is 17.6. The van der Waals surface area contributed by atoms with Gasteiger partial charge in [0.05, 0.1) is 18.2 Å². The lowest BCUT2D eigenvalue weighted by atomic mass is 10.1. The van der Waals surface area contributed by atoms with Gasteiger partial charge in [-0.2, -0.15) is 5.10 Å². The molecule has 0 unspecified atom stereocenters. The van der Waals surface area contributed by atoms with Crippen LogP contribution >= 0.6 is 0 Å². The number of aliphatic carboxylic acids is 1. The molecule has 24 heavy (non-hydrogen) atoms. The molecule has 0 saturated heterocycles. The molecule has 126 valence electrons. The minimum absolute atomic E-state index is 0.0742. The molecular formula is C16H18N4O4. The van der Waals surface area contributed by atoms with E-state index in [1.54, 1.807) is 35.1 Å². The van der Waals surface area contributed by atoms with E-state index in [2.05, 4.69) is 15.7 Å². The molecule has 3 N–H and O–H groups in total. The first-order valence-electron chi connectivity index (χ1n) is 7.39. The number of carbonyl (C=O) groups is 3. The molecule has 0 aliphatic carbocycles. The molecule has 2 aromatic rings. The van der Waals surface area contributed by atoms with Crippen LogP contribution in [0.2, 0.25) is 0 Å². The first-order chi connectivity index (χ1) is 11.5. The van der Waals surface area contributed by atoms with Gasteiger partial charge in [-0.15, -0.1) is 0 Å². The highest BCUT2D eigenvalue weighted by Gasteiger charge is 2.09. The van der Waals surface area contributed by atoms with Gasteiger partial charge in [0.15, 0.2) is 0 Å². The number of amides is 2. The van der Waals surface area contributed by atoms with Crippen molar-refractivity contribution in [3.05, 3.63) is 47.8 Å². The second-order valence-electron chi connectivity index (χ2n) is 5.08. The first kappa shape index (κ1) is 17.2. The molecule has 1 aromatic heterocycles. The summed E-state index contributed by atoms with van der Waals surface area (Å²) in [6.07, 6.45) is 3.24. The van der Waals surface area contributed by atoms with Crippen molar-refractivity contribution in [2.75, 3.05) is 11.9 Å². The molecular weight excluding hydrogens is 312 g/mol. The van der Waals surface area contributed by atoms with Crippen molar-refractivity contribution in [1.29, 1.82) is 0 Å².